The monoisotopic (exact) mass is 303 g/mol. The summed E-state index contributed by atoms with van der Waals surface area (Å²) in [6.07, 6.45) is 0.152. The molecule has 3 saturated heterocycles. The Morgan fingerprint density at radius 3 is 2.73 bits per heavy atom. The van der Waals surface area contributed by atoms with E-state index < -0.39 is 24.0 Å². The van der Waals surface area contributed by atoms with Crippen LogP contribution >= 0.6 is 0 Å². The van der Waals surface area contributed by atoms with Gasteiger partial charge in [-0.2, -0.15) is 0 Å². The van der Waals surface area contributed by atoms with Crippen molar-refractivity contribution in [3.63, 3.8) is 0 Å². The maximum atomic E-state index is 12.3. The van der Waals surface area contributed by atoms with Gasteiger partial charge in [0, 0.05) is 12.5 Å². The number of piperidine rings is 2. The molecule has 5 atom stereocenters. The zero-order chi connectivity index (χ0) is 15.3. The molecule has 116 valence electrons. The summed E-state index contributed by atoms with van der Waals surface area (Å²) in [4.78, 5) is 25.3. The Kier molecular flexibility index (Phi) is 3.07. The molecule has 0 radical (unpaired) electrons. The van der Waals surface area contributed by atoms with E-state index in [-0.39, 0.29) is 24.7 Å². The minimum atomic E-state index is -0.857. The number of carboxylic acids is 1. The predicted octanol–water partition coefficient (Wildman–Crippen LogP) is 1.50. The first kappa shape index (κ1) is 13.6. The molecule has 1 aromatic rings. The molecule has 1 N–H and O–H groups in total. The summed E-state index contributed by atoms with van der Waals surface area (Å²) in [7, 11) is 0. The Morgan fingerprint density at radius 2 is 2.05 bits per heavy atom. The van der Waals surface area contributed by atoms with Crippen LogP contribution in [0, 0.1) is 11.8 Å². The smallest absolute Gasteiger partial charge is 0.410 e. The fraction of sp³-hybridized carbons (Fsp3) is 0.500. The average molecular weight is 303 g/mol. The van der Waals surface area contributed by atoms with Gasteiger partial charge in [-0.3, -0.25) is 4.79 Å². The van der Waals surface area contributed by atoms with Crippen molar-refractivity contribution in [2.24, 2.45) is 11.8 Å². The Balaban J connectivity index is 1.45. The van der Waals surface area contributed by atoms with Crippen LogP contribution in [0.2, 0.25) is 0 Å². The molecular formula is C16H17NO5. The van der Waals surface area contributed by atoms with Gasteiger partial charge in [-0.15, -0.1) is 0 Å². The molecule has 3 heterocycles. The van der Waals surface area contributed by atoms with Gasteiger partial charge in [-0.05, 0) is 12.0 Å². The second kappa shape index (κ2) is 4.98. The first-order valence-corrected chi connectivity index (χ1v) is 7.51. The summed E-state index contributed by atoms with van der Waals surface area (Å²) in [5, 5.41) is 9.37. The Bertz CT molecular complexity index is 604. The lowest BCUT2D eigenvalue weighted by Crippen LogP contribution is -2.61. The molecule has 2 bridgehead atoms. The van der Waals surface area contributed by atoms with Gasteiger partial charge in [-0.25, -0.2) is 4.79 Å². The van der Waals surface area contributed by atoms with Crippen molar-refractivity contribution >= 4 is 12.1 Å². The molecule has 1 aliphatic carbocycles. The standard InChI is InChI=1S/C16H17NO5/c18-15(19)11-6-10-7-17(12(11)14-13(10)22-14)16(20)21-8-9-4-2-1-3-5-9/h1-5,10-14H,6-8H2,(H,18,19). The summed E-state index contributed by atoms with van der Waals surface area (Å²) in [6.45, 7) is 0.726. The van der Waals surface area contributed by atoms with E-state index in [1.807, 2.05) is 30.3 Å². The van der Waals surface area contributed by atoms with Gasteiger partial charge in [0.15, 0.2) is 0 Å². The van der Waals surface area contributed by atoms with Crippen LogP contribution in [0.25, 0.3) is 0 Å². The normalized spacial score (nSPS) is 34.9. The number of carbonyl (C=O) groups excluding carboxylic acids is 1. The molecule has 1 aromatic carbocycles. The van der Waals surface area contributed by atoms with Crippen molar-refractivity contribution in [3.05, 3.63) is 35.9 Å². The van der Waals surface area contributed by atoms with Crippen LogP contribution in [0.3, 0.4) is 0 Å². The van der Waals surface area contributed by atoms with E-state index in [4.69, 9.17) is 9.47 Å². The molecule has 0 aromatic heterocycles. The highest BCUT2D eigenvalue weighted by Gasteiger charge is 2.65. The van der Waals surface area contributed by atoms with Gasteiger partial charge < -0.3 is 19.5 Å². The first-order valence-electron chi connectivity index (χ1n) is 7.51. The zero-order valence-electron chi connectivity index (χ0n) is 11.9. The molecule has 0 spiro atoms. The average Bonchev–Trinajstić information content (AvgIpc) is 3.35. The number of hydrogen-bond acceptors (Lipinski definition) is 4. The van der Waals surface area contributed by atoms with E-state index in [2.05, 4.69) is 0 Å². The second-order valence-electron chi connectivity index (χ2n) is 6.19. The number of carbonyl (C=O) groups is 2. The number of hydrogen-bond donors (Lipinski definition) is 1. The number of benzene rings is 1. The van der Waals surface area contributed by atoms with Gasteiger partial charge in [0.25, 0.3) is 0 Å². The molecule has 4 aliphatic rings. The largest absolute Gasteiger partial charge is 0.481 e. The van der Waals surface area contributed by atoms with Gasteiger partial charge in [0.2, 0.25) is 0 Å². The molecule has 6 nitrogen and oxygen atoms in total. The number of fused-ring (bicyclic) bond motifs is 2. The van der Waals surface area contributed by atoms with Crippen LogP contribution in [0.4, 0.5) is 4.79 Å². The molecule has 22 heavy (non-hydrogen) atoms. The van der Waals surface area contributed by atoms with Crippen LogP contribution in [0.1, 0.15) is 12.0 Å². The lowest BCUT2D eigenvalue weighted by Gasteiger charge is -2.45. The van der Waals surface area contributed by atoms with Crippen molar-refractivity contribution in [3.8, 4) is 0 Å². The van der Waals surface area contributed by atoms with Crippen molar-refractivity contribution < 1.29 is 24.2 Å². The van der Waals surface area contributed by atoms with Gasteiger partial charge in [0.1, 0.15) is 12.7 Å². The maximum Gasteiger partial charge on any atom is 0.410 e. The number of carboxylic acid groups (broad SMARTS) is 1. The molecule has 4 fully saturated rings. The quantitative estimate of drug-likeness (QED) is 0.856. The number of amides is 1. The minimum absolute atomic E-state index is 0.111. The molecular weight excluding hydrogens is 286 g/mol. The molecule has 1 amide bonds. The topological polar surface area (TPSA) is 79.4 Å². The highest BCUT2D eigenvalue weighted by molar-refractivity contribution is 5.75. The summed E-state index contributed by atoms with van der Waals surface area (Å²) in [6, 6.07) is 9.04. The second-order valence-corrected chi connectivity index (χ2v) is 6.19. The fourth-order valence-corrected chi connectivity index (χ4v) is 3.81. The summed E-state index contributed by atoms with van der Waals surface area (Å²) in [5.41, 5.74) is 0.911. The Morgan fingerprint density at radius 1 is 1.27 bits per heavy atom. The van der Waals surface area contributed by atoms with Gasteiger partial charge in [0.05, 0.1) is 18.1 Å². The zero-order valence-corrected chi connectivity index (χ0v) is 11.9. The molecule has 3 aliphatic heterocycles. The van der Waals surface area contributed by atoms with Crippen molar-refractivity contribution in [2.45, 2.75) is 31.3 Å². The van der Waals surface area contributed by atoms with Crippen LogP contribution in [-0.4, -0.2) is 46.9 Å². The Hall–Kier alpha value is -2.08. The third kappa shape index (κ3) is 2.14. The number of rotatable bonds is 3. The van der Waals surface area contributed by atoms with E-state index in [1.54, 1.807) is 4.90 Å². The summed E-state index contributed by atoms with van der Waals surface area (Å²) >= 11 is 0. The highest BCUT2D eigenvalue weighted by atomic mass is 16.6. The van der Waals surface area contributed by atoms with E-state index in [0.29, 0.717) is 13.0 Å². The van der Waals surface area contributed by atoms with E-state index in [1.165, 1.54) is 0 Å². The van der Waals surface area contributed by atoms with Crippen LogP contribution < -0.4 is 0 Å². The van der Waals surface area contributed by atoms with Crippen LogP contribution in [-0.2, 0) is 20.9 Å². The third-order valence-corrected chi connectivity index (χ3v) is 4.88. The SMILES string of the molecule is O=C(O)C1CC2CN(C(=O)OCc3ccccc3)C1C1OC21. The number of nitrogens with zero attached hydrogens (tertiary/aromatic N) is 1. The summed E-state index contributed by atoms with van der Waals surface area (Å²) in [5.74, 6) is -1.29. The van der Waals surface area contributed by atoms with Crippen LogP contribution in [0.5, 0.6) is 0 Å². The Labute approximate surface area is 127 Å². The highest BCUT2D eigenvalue weighted by Crippen LogP contribution is 2.50. The number of aliphatic carboxylic acids is 1. The number of ether oxygens (including phenoxy) is 2. The molecule has 5 unspecified atom stereocenters. The van der Waals surface area contributed by atoms with E-state index in [0.717, 1.165) is 5.56 Å². The molecule has 1 saturated carbocycles. The number of epoxide rings is 1. The maximum absolute atomic E-state index is 12.3. The van der Waals surface area contributed by atoms with E-state index in [9.17, 15) is 14.7 Å². The first-order chi connectivity index (χ1) is 10.6. The summed E-state index contributed by atoms with van der Waals surface area (Å²) < 4.78 is 10.9. The third-order valence-electron chi connectivity index (χ3n) is 4.88. The lowest BCUT2D eigenvalue weighted by atomic mass is 9.73. The van der Waals surface area contributed by atoms with Crippen molar-refractivity contribution in [1.82, 2.24) is 4.90 Å². The van der Waals surface area contributed by atoms with Crippen LogP contribution in [0.15, 0.2) is 30.3 Å². The lowest BCUT2D eigenvalue weighted by molar-refractivity contribution is -0.148. The fourth-order valence-electron chi connectivity index (χ4n) is 3.81. The molecule has 6 heteroatoms. The predicted molar refractivity (Wildman–Crippen MR) is 75.0 cm³/mol. The van der Waals surface area contributed by atoms with Gasteiger partial charge in [-0.1, -0.05) is 30.3 Å². The van der Waals surface area contributed by atoms with E-state index >= 15 is 0 Å². The van der Waals surface area contributed by atoms with Crippen molar-refractivity contribution in [1.29, 1.82) is 0 Å². The van der Waals surface area contributed by atoms with Gasteiger partial charge >= 0.3 is 12.1 Å². The molecule has 5 rings (SSSR count). The minimum Gasteiger partial charge on any atom is -0.481 e. The van der Waals surface area contributed by atoms with Crippen molar-refractivity contribution in [2.75, 3.05) is 6.54 Å².